The van der Waals surface area contributed by atoms with Crippen LogP contribution in [-0.2, 0) is 16.0 Å². The number of nitrogens with one attached hydrogen (secondary N) is 3. The lowest BCUT2D eigenvalue weighted by Gasteiger charge is -2.36. The van der Waals surface area contributed by atoms with E-state index in [1.807, 2.05) is 6.07 Å². The number of halogens is 1. The van der Waals surface area contributed by atoms with Crippen LogP contribution in [-0.4, -0.2) is 53.4 Å². The highest BCUT2D eigenvalue weighted by Crippen LogP contribution is 2.22. The number of benzene rings is 1. The first kappa shape index (κ1) is 22.6. The van der Waals surface area contributed by atoms with Crippen molar-refractivity contribution in [2.24, 2.45) is 0 Å². The Morgan fingerprint density at radius 1 is 1.16 bits per heavy atom. The van der Waals surface area contributed by atoms with E-state index < -0.39 is 12.1 Å². The van der Waals surface area contributed by atoms with E-state index in [-0.39, 0.29) is 36.9 Å². The van der Waals surface area contributed by atoms with Crippen molar-refractivity contribution >= 4 is 17.6 Å². The molecule has 31 heavy (non-hydrogen) atoms. The number of rotatable bonds is 8. The Bertz CT molecular complexity index is 850. The number of carbonyl (C=O) groups excluding carboxylic acids is 2. The molecule has 1 aliphatic heterocycles. The van der Waals surface area contributed by atoms with Gasteiger partial charge in [-0.25, -0.2) is 9.18 Å². The second kappa shape index (κ2) is 11.4. The Morgan fingerprint density at radius 3 is 2.68 bits per heavy atom. The highest BCUT2D eigenvalue weighted by atomic mass is 19.1. The summed E-state index contributed by atoms with van der Waals surface area (Å²) in [5.41, 5.74) is 1.18. The Hall–Kier alpha value is -3.04. The van der Waals surface area contributed by atoms with E-state index in [0.717, 1.165) is 0 Å². The van der Waals surface area contributed by atoms with E-state index in [1.165, 1.54) is 24.3 Å². The number of aromatic nitrogens is 1. The first-order valence-electron chi connectivity index (χ1n) is 10.3. The highest BCUT2D eigenvalue weighted by molar-refractivity contribution is 5.89. The van der Waals surface area contributed by atoms with Crippen LogP contribution in [0.1, 0.15) is 25.0 Å². The van der Waals surface area contributed by atoms with Crippen LogP contribution in [0.4, 0.5) is 14.9 Å². The van der Waals surface area contributed by atoms with Crippen molar-refractivity contribution < 1.29 is 23.8 Å². The molecule has 1 saturated heterocycles. The molecule has 4 N–H and O–H groups in total. The molecule has 9 heteroatoms. The average Bonchev–Trinajstić information content (AvgIpc) is 2.77. The summed E-state index contributed by atoms with van der Waals surface area (Å²) >= 11 is 0. The number of carbonyl (C=O) groups is 2. The normalized spacial score (nSPS) is 20.6. The number of hydrogen-bond acceptors (Lipinski definition) is 5. The zero-order valence-electron chi connectivity index (χ0n) is 17.1. The van der Waals surface area contributed by atoms with Crippen LogP contribution in [0.25, 0.3) is 0 Å². The monoisotopic (exact) mass is 430 g/mol. The third-order valence-electron chi connectivity index (χ3n) is 5.07. The fourth-order valence-electron chi connectivity index (χ4n) is 3.48. The predicted molar refractivity (Wildman–Crippen MR) is 113 cm³/mol. The van der Waals surface area contributed by atoms with Gasteiger partial charge in [-0.2, -0.15) is 0 Å². The number of urea groups is 1. The maximum absolute atomic E-state index is 13.0. The van der Waals surface area contributed by atoms with Gasteiger partial charge in [-0.15, -0.1) is 0 Å². The molecule has 1 aliphatic rings. The predicted octanol–water partition coefficient (Wildman–Crippen LogP) is 2.00. The van der Waals surface area contributed by atoms with E-state index in [9.17, 15) is 19.1 Å². The number of nitrogens with zero attached hydrogens (tertiary/aromatic N) is 1. The van der Waals surface area contributed by atoms with Crippen molar-refractivity contribution in [3.8, 4) is 0 Å². The summed E-state index contributed by atoms with van der Waals surface area (Å²) in [5, 5.41) is 18.0. The van der Waals surface area contributed by atoms with Crippen LogP contribution in [0.2, 0.25) is 0 Å². The van der Waals surface area contributed by atoms with Crippen LogP contribution >= 0.6 is 0 Å². The molecule has 3 atom stereocenters. The lowest BCUT2D eigenvalue weighted by atomic mass is 9.97. The molecule has 0 aliphatic carbocycles. The summed E-state index contributed by atoms with van der Waals surface area (Å²) in [5.74, 6) is -0.490. The van der Waals surface area contributed by atoms with Gasteiger partial charge in [0.1, 0.15) is 11.9 Å². The number of pyridine rings is 1. The SMILES string of the molecule is O=C(Cc1ccccn1)NCC[C@@H]1CC[C@@H](NC(=O)Nc2ccc(F)cc2)[C@@H](CO)O1. The zero-order chi connectivity index (χ0) is 22.1. The Balaban J connectivity index is 1.39. The second-order valence-corrected chi connectivity index (χ2v) is 7.40. The van der Waals surface area contributed by atoms with Crippen LogP contribution in [0, 0.1) is 5.82 Å². The Kier molecular flexibility index (Phi) is 8.31. The number of ether oxygens (including phenoxy) is 1. The maximum Gasteiger partial charge on any atom is 0.319 e. The fraction of sp³-hybridized carbons (Fsp3) is 0.409. The first-order valence-corrected chi connectivity index (χ1v) is 10.3. The molecule has 0 saturated carbocycles. The van der Waals surface area contributed by atoms with Crippen LogP contribution in [0.5, 0.6) is 0 Å². The summed E-state index contributed by atoms with van der Waals surface area (Å²) < 4.78 is 18.9. The summed E-state index contributed by atoms with van der Waals surface area (Å²) in [6.07, 6.45) is 3.15. The third kappa shape index (κ3) is 7.30. The van der Waals surface area contributed by atoms with Gasteiger partial charge in [-0.1, -0.05) is 6.07 Å². The molecule has 1 aromatic heterocycles. The second-order valence-electron chi connectivity index (χ2n) is 7.40. The minimum Gasteiger partial charge on any atom is -0.394 e. The Labute approximate surface area is 180 Å². The maximum atomic E-state index is 13.0. The smallest absolute Gasteiger partial charge is 0.319 e. The van der Waals surface area contributed by atoms with Gasteiger partial charge in [0.05, 0.1) is 25.2 Å². The number of hydrogen-bond donors (Lipinski definition) is 4. The summed E-state index contributed by atoms with van der Waals surface area (Å²) in [4.78, 5) is 28.3. The lowest BCUT2D eigenvalue weighted by molar-refractivity contribution is -0.121. The molecule has 1 aromatic carbocycles. The van der Waals surface area contributed by atoms with Gasteiger partial charge in [0, 0.05) is 24.1 Å². The van der Waals surface area contributed by atoms with E-state index in [2.05, 4.69) is 20.9 Å². The first-order chi connectivity index (χ1) is 15.0. The van der Waals surface area contributed by atoms with Crippen LogP contribution < -0.4 is 16.0 Å². The van der Waals surface area contributed by atoms with Gasteiger partial charge in [-0.3, -0.25) is 9.78 Å². The molecule has 2 aromatic rings. The Morgan fingerprint density at radius 2 is 1.97 bits per heavy atom. The summed E-state index contributed by atoms with van der Waals surface area (Å²) in [6.45, 7) is 0.224. The third-order valence-corrected chi connectivity index (χ3v) is 5.07. The topological polar surface area (TPSA) is 113 Å². The van der Waals surface area contributed by atoms with E-state index in [1.54, 1.807) is 18.3 Å². The van der Waals surface area contributed by atoms with Crippen LogP contribution in [0.3, 0.4) is 0 Å². The van der Waals surface area contributed by atoms with Crippen molar-refractivity contribution in [3.05, 3.63) is 60.2 Å². The molecule has 3 amide bonds. The standard InChI is InChI=1S/C22H27FN4O4/c23-15-4-6-16(7-5-15)26-22(30)27-19-9-8-18(31-20(19)14-28)10-12-25-21(29)13-17-3-1-2-11-24-17/h1-7,11,18-20,28H,8-10,12-14H2,(H,25,29)(H2,26,27,30)/t18-,19+,20+/m0/s1. The molecule has 166 valence electrons. The molecule has 8 nitrogen and oxygen atoms in total. The van der Waals surface area contributed by atoms with E-state index in [0.29, 0.717) is 37.2 Å². The number of anilines is 1. The van der Waals surface area contributed by atoms with E-state index in [4.69, 9.17) is 4.74 Å². The van der Waals surface area contributed by atoms with Crippen molar-refractivity contribution in [1.29, 1.82) is 0 Å². The van der Waals surface area contributed by atoms with Crippen molar-refractivity contribution in [3.63, 3.8) is 0 Å². The van der Waals surface area contributed by atoms with Crippen molar-refractivity contribution in [2.45, 2.75) is 43.9 Å². The average molecular weight is 430 g/mol. The van der Waals surface area contributed by atoms with Crippen LogP contribution in [0.15, 0.2) is 48.7 Å². The number of aliphatic hydroxyl groups is 1. The molecule has 3 rings (SSSR count). The molecule has 1 fully saturated rings. The fourth-order valence-corrected chi connectivity index (χ4v) is 3.48. The molecule has 0 spiro atoms. The minimum absolute atomic E-state index is 0.106. The van der Waals surface area contributed by atoms with Gasteiger partial charge in [0.25, 0.3) is 0 Å². The van der Waals surface area contributed by atoms with Gasteiger partial charge < -0.3 is 25.8 Å². The lowest BCUT2D eigenvalue weighted by Crippen LogP contribution is -2.52. The van der Waals surface area contributed by atoms with Gasteiger partial charge >= 0.3 is 6.03 Å². The van der Waals surface area contributed by atoms with Gasteiger partial charge in [0.15, 0.2) is 0 Å². The molecule has 0 bridgehead atoms. The number of aliphatic hydroxyl groups excluding tert-OH is 1. The number of amides is 3. The molecular weight excluding hydrogens is 403 g/mol. The van der Waals surface area contributed by atoms with Crippen molar-refractivity contribution in [2.75, 3.05) is 18.5 Å². The zero-order valence-corrected chi connectivity index (χ0v) is 17.1. The molecule has 0 radical (unpaired) electrons. The molecule has 0 unspecified atom stereocenters. The minimum atomic E-state index is -0.540. The largest absolute Gasteiger partial charge is 0.394 e. The van der Waals surface area contributed by atoms with Gasteiger partial charge in [-0.05, 0) is 55.7 Å². The highest BCUT2D eigenvalue weighted by Gasteiger charge is 2.31. The molecule has 2 heterocycles. The van der Waals surface area contributed by atoms with Gasteiger partial charge in [0.2, 0.25) is 5.91 Å². The summed E-state index contributed by atoms with van der Waals surface area (Å²) in [6, 6.07) is 10.1. The quantitative estimate of drug-likeness (QED) is 0.512. The van der Waals surface area contributed by atoms with E-state index >= 15 is 0 Å². The van der Waals surface area contributed by atoms with Crippen molar-refractivity contribution in [1.82, 2.24) is 15.6 Å². The molecular formula is C22H27FN4O4. The summed E-state index contributed by atoms with van der Waals surface area (Å²) in [7, 11) is 0.